The molecule has 0 saturated heterocycles. The molecule has 2 aromatic carbocycles. The van der Waals surface area contributed by atoms with E-state index in [0.29, 0.717) is 10.8 Å². The number of hydrazine groups is 1. The van der Waals surface area contributed by atoms with Crippen molar-refractivity contribution in [2.75, 3.05) is 0 Å². The summed E-state index contributed by atoms with van der Waals surface area (Å²) in [5, 5.41) is 0.649. The first-order valence-electron chi connectivity index (χ1n) is 6.18. The highest BCUT2D eigenvalue weighted by Crippen LogP contribution is 2.20. The Balaban J connectivity index is 1.73. The fourth-order valence-corrected chi connectivity index (χ4v) is 2.00. The molecule has 3 amide bonds. The Morgan fingerprint density at radius 1 is 0.857 bits per heavy atom. The maximum absolute atomic E-state index is 12.0. The van der Waals surface area contributed by atoms with Crippen LogP contribution in [0.3, 0.4) is 0 Å². The van der Waals surface area contributed by atoms with E-state index in [4.69, 9.17) is 4.74 Å². The molecule has 1 aliphatic rings. The zero-order chi connectivity index (χ0) is 14.8. The lowest BCUT2D eigenvalue weighted by Crippen LogP contribution is -2.47. The monoisotopic (exact) mass is 282 g/mol. The van der Waals surface area contributed by atoms with Crippen molar-refractivity contribution >= 4 is 17.9 Å². The Labute approximate surface area is 119 Å². The zero-order valence-corrected chi connectivity index (χ0v) is 10.8. The summed E-state index contributed by atoms with van der Waals surface area (Å²) < 4.78 is 4.98. The average Bonchev–Trinajstić information content (AvgIpc) is 2.74. The number of hydrogen-bond donors (Lipinski definition) is 1. The molecular formula is C15H10N2O4. The quantitative estimate of drug-likeness (QED) is 0.855. The van der Waals surface area contributed by atoms with Gasteiger partial charge in [-0.05, 0) is 24.3 Å². The molecule has 0 saturated carbocycles. The zero-order valence-electron chi connectivity index (χ0n) is 10.8. The number of rotatable bonds is 2. The van der Waals surface area contributed by atoms with Gasteiger partial charge in [0.25, 0.3) is 11.8 Å². The van der Waals surface area contributed by atoms with Gasteiger partial charge in [-0.3, -0.25) is 9.59 Å². The van der Waals surface area contributed by atoms with Crippen molar-refractivity contribution in [3.8, 4) is 5.75 Å². The molecule has 1 N–H and O–H groups in total. The van der Waals surface area contributed by atoms with Crippen LogP contribution in [0.2, 0.25) is 0 Å². The minimum absolute atomic E-state index is 0.252. The highest BCUT2D eigenvalue weighted by Gasteiger charge is 2.36. The van der Waals surface area contributed by atoms with E-state index >= 15 is 0 Å². The summed E-state index contributed by atoms with van der Waals surface area (Å²) in [7, 11) is 0. The fraction of sp³-hybridized carbons (Fsp3) is 0. The van der Waals surface area contributed by atoms with Gasteiger partial charge < -0.3 is 4.74 Å². The van der Waals surface area contributed by atoms with Crippen LogP contribution in [0.15, 0.2) is 54.6 Å². The van der Waals surface area contributed by atoms with Gasteiger partial charge in [-0.2, -0.15) is 5.01 Å². The molecule has 104 valence electrons. The van der Waals surface area contributed by atoms with Crippen LogP contribution in [0.25, 0.3) is 0 Å². The lowest BCUT2D eigenvalue weighted by Gasteiger charge is -2.14. The molecule has 1 aliphatic heterocycles. The predicted octanol–water partition coefficient (Wildman–Crippen LogP) is 1.99. The van der Waals surface area contributed by atoms with Crippen molar-refractivity contribution in [3.05, 3.63) is 65.7 Å². The van der Waals surface area contributed by atoms with Gasteiger partial charge >= 0.3 is 6.09 Å². The van der Waals surface area contributed by atoms with Gasteiger partial charge in [0.05, 0.1) is 11.1 Å². The van der Waals surface area contributed by atoms with Crippen LogP contribution in [0.5, 0.6) is 5.75 Å². The fourth-order valence-electron chi connectivity index (χ4n) is 2.00. The molecule has 0 fully saturated rings. The lowest BCUT2D eigenvalue weighted by molar-refractivity contribution is 0.0565. The molecule has 3 rings (SSSR count). The number of nitrogens with one attached hydrogen (secondary N) is 1. The molecule has 0 bridgehead atoms. The van der Waals surface area contributed by atoms with E-state index < -0.39 is 17.9 Å². The third-order valence-electron chi connectivity index (χ3n) is 2.95. The molecule has 0 aliphatic carbocycles. The highest BCUT2D eigenvalue weighted by atomic mass is 16.6. The normalized spacial score (nSPS) is 13.0. The molecule has 0 unspecified atom stereocenters. The van der Waals surface area contributed by atoms with Crippen LogP contribution in [0.1, 0.15) is 20.7 Å². The second-order valence-corrected chi connectivity index (χ2v) is 4.31. The van der Waals surface area contributed by atoms with Gasteiger partial charge in [0.2, 0.25) is 0 Å². The predicted molar refractivity (Wildman–Crippen MR) is 72.5 cm³/mol. The topological polar surface area (TPSA) is 75.7 Å². The summed E-state index contributed by atoms with van der Waals surface area (Å²) in [4.78, 5) is 35.8. The first-order chi connectivity index (χ1) is 10.2. The number of imide groups is 1. The SMILES string of the molecule is O=C(NN1C(=O)c2ccccc2C1=O)Oc1ccccc1. The summed E-state index contributed by atoms with van der Waals surface area (Å²) in [6.07, 6.45) is -0.907. The van der Waals surface area contributed by atoms with Crippen LogP contribution in [0.4, 0.5) is 4.79 Å². The smallest absolute Gasteiger partial charge is 0.409 e. The molecule has 0 aromatic heterocycles. The third-order valence-corrected chi connectivity index (χ3v) is 2.95. The summed E-state index contributed by atoms with van der Waals surface area (Å²) in [6, 6.07) is 14.7. The number of carbonyl (C=O) groups excluding carboxylic acids is 3. The molecule has 6 nitrogen and oxygen atoms in total. The van der Waals surface area contributed by atoms with E-state index in [2.05, 4.69) is 5.43 Å². The Kier molecular flexibility index (Phi) is 3.12. The average molecular weight is 282 g/mol. The Morgan fingerprint density at radius 3 is 1.95 bits per heavy atom. The lowest BCUT2D eigenvalue weighted by atomic mass is 10.1. The third kappa shape index (κ3) is 2.34. The van der Waals surface area contributed by atoms with Gasteiger partial charge in [-0.15, -0.1) is 0 Å². The summed E-state index contributed by atoms with van der Waals surface area (Å²) in [5.74, 6) is -0.854. The summed E-state index contributed by atoms with van der Waals surface area (Å²) >= 11 is 0. The largest absolute Gasteiger partial charge is 0.432 e. The maximum Gasteiger partial charge on any atom is 0.432 e. The molecule has 6 heteroatoms. The maximum atomic E-state index is 12.0. The Morgan fingerprint density at radius 2 is 1.38 bits per heavy atom. The van der Waals surface area contributed by atoms with E-state index in [1.54, 1.807) is 42.5 Å². The Hall–Kier alpha value is -3.15. The van der Waals surface area contributed by atoms with Gasteiger partial charge in [0, 0.05) is 0 Å². The van der Waals surface area contributed by atoms with Gasteiger partial charge in [0.1, 0.15) is 5.75 Å². The number of ether oxygens (including phenoxy) is 1. The molecule has 2 aromatic rings. The van der Waals surface area contributed by atoms with Crippen molar-refractivity contribution in [2.45, 2.75) is 0 Å². The van der Waals surface area contributed by atoms with Crippen molar-refractivity contribution in [1.82, 2.24) is 10.4 Å². The van der Waals surface area contributed by atoms with Gasteiger partial charge in [0.15, 0.2) is 0 Å². The first kappa shape index (κ1) is 12.9. The van der Waals surface area contributed by atoms with E-state index in [9.17, 15) is 14.4 Å². The first-order valence-corrected chi connectivity index (χ1v) is 6.18. The van der Waals surface area contributed by atoms with Crippen LogP contribution in [-0.2, 0) is 0 Å². The number of benzene rings is 2. The van der Waals surface area contributed by atoms with Crippen molar-refractivity contribution in [2.24, 2.45) is 0 Å². The molecular weight excluding hydrogens is 272 g/mol. The molecule has 1 heterocycles. The van der Waals surface area contributed by atoms with Crippen LogP contribution in [0, 0.1) is 0 Å². The van der Waals surface area contributed by atoms with Crippen LogP contribution < -0.4 is 10.2 Å². The van der Waals surface area contributed by atoms with E-state index in [0.717, 1.165) is 0 Å². The van der Waals surface area contributed by atoms with Crippen molar-refractivity contribution in [3.63, 3.8) is 0 Å². The molecule has 21 heavy (non-hydrogen) atoms. The number of carbonyl (C=O) groups is 3. The summed E-state index contributed by atoms with van der Waals surface area (Å²) in [5.41, 5.74) is 2.65. The number of para-hydroxylation sites is 1. The molecule has 0 spiro atoms. The number of fused-ring (bicyclic) bond motifs is 1. The van der Waals surface area contributed by atoms with Crippen LogP contribution >= 0.6 is 0 Å². The van der Waals surface area contributed by atoms with E-state index in [1.165, 1.54) is 12.1 Å². The Bertz CT molecular complexity index is 692. The minimum Gasteiger partial charge on any atom is -0.409 e. The standard InChI is InChI=1S/C15H10N2O4/c18-13-11-8-4-5-9-12(11)14(19)17(13)16-15(20)21-10-6-2-1-3-7-10/h1-9H,(H,16,20). The molecule has 0 atom stereocenters. The number of hydrogen-bond acceptors (Lipinski definition) is 4. The van der Waals surface area contributed by atoms with Crippen LogP contribution in [-0.4, -0.2) is 22.9 Å². The summed E-state index contributed by atoms with van der Waals surface area (Å²) in [6.45, 7) is 0. The van der Waals surface area contributed by atoms with Gasteiger partial charge in [-0.1, -0.05) is 30.3 Å². The van der Waals surface area contributed by atoms with Crippen molar-refractivity contribution < 1.29 is 19.1 Å². The minimum atomic E-state index is -0.907. The second kappa shape index (κ2) is 5.09. The molecule has 0 radical (unpaired) electrons. The number of amides is 3. The second-order valence-electron chi connectivity index (χ2n) is 4.31. The highest BCUT2D eigenvalue weighted by molar-refractivity contribution is 6.21. The number of nitrogens with zero attached hydrogens (tertiary/aromatic N) is 1. The van der Waals surface area contributed by atoms with E-state index in [1.807, 2.05) is 0 Å². The van der Waals surface area contributed by atoms with E-state index in [-0.39, 0.29) is 11.1 Å². The van der Waals surface area contributed by atoms with Gasteiger partial charge in [-0.25, -0.2) is 10.2 Å². The van der Waals surface area contributed by atoms with Crippen molar-refractivity contribution in [1.29, 1.82) is 0 Å².